The summed E-state index contributed by atoms with van der Waals surface area (Å²) >= 11 is 0. The molecule has 2 heterocycles. The number of aliphatic hydroxyl groups excluding tert-OH is 1. The van der Waals surface area contributed by atoms with Gasteiger partial charge in [-0.3, -0.25) is 19.4 Å². The van der Waals surface area contributed by atoms with Crippen molar-refractivity contribution in [2.75, 3.05) is 20.3 Å². The Morgan fingerprint density at radius 2 is 1.31 bits per heavy atom. The number of esters is 3. The molecule has 0 unspecified atom stereocenters. The van der Waals surface area contributed by atoms with Gasteiger partial charge in [0.2, 0.25) is 0 Å². The predicted octanol–water partition coefficient (Wildman–Crippen LogP) is 9.20. The number of nitrogens with zero attached hydrogens (tertiary/aromatic N) is 2. The fraction of sp³-hybridized carbons (Fsp3) is 0.468. The molecule has 0 radical (unpaired) electrons. The zero-order chi connectivity index (χ0) is 41.5. The number of carbonyl (C=O) groups is 3. The summed E-state index contributed by atoms with van der Waals surface area (Å²) < 4.78 is 29.1. The fourth-order valence-electron chi connectivity index (χ4n) is 8.14. The van der Waals surface area contributed by atoms with E-state index in [-0.39, 0.29) is 30.8 Å². The second-order valence-electron chi connectivity index (χ2n) is 15.6. The first kappa shape index (κ1) is 42.5. The van der Waals surface area contributed by atoms with Crippen molar-refractivity contribution in [3.05, 3.63) is 89.3 Å². The van der Waals surface area contributed by atoms with E-state index in [4.69, 9.17) is 28.7 Å². The van der Waals surface area contributed by atoms with Gasteiger partial charge in [-0.25, -0.2) is 4.98 Å². The number of methoxy groups -OCH3 is 1. The highest BCUT2D eigenvalue weighted by Crippen LogP contribution is 2.43. The normalized spacial score (nSPS) is 23.5. The molecule has 0 amide bonds. The third-order valence-electron chi connectivity index (χ3n) is 11.6. The summed E-state index contributed by atoms with van der Waals surface area (Å²) in [5, 5.41) is 11.8. The van der Waals surface area contributed by atoms with Crippen LogP contribution in [0.2, 0.25) is 0 Å². The minimum absolute atomic E-state index is 0.105. The van der Waals surface area contributed by atoms with Crippen molar-refractivity contribution < 1.29 is 43.2 Å². The molecule has 0 bridgehead atoms. The Labute approximate surface area is 340 Å². The molecule has 11 heteroatoms. The van der Waals surface area contributed by atoms with Gasteiger partial charge in [-0.05, 0) is 127 Å². The number of hydrogen-bond acceptors (Lipinski definition) is 11. The van der Waals surface area contributed by atoms with E-state index in [0.717, 1.165) is 40.3 Å². The summed E-state index contributed by atoms with van der Waals surface area (Å²) in [5.74, 6) is -0.257. The van der Waals surface area contributed by atoms with Crippen molar-refractivity contribution >= 4 is 51.9 Å². The molecule has 2 fully saturated rings. The lowest BCUT2D eigenvalue weighted by Crippen LogP contribution is -2.38. The molecular formula is C47H56N2O9. The largest absolute Gasteiger partial charge is 0.490 e. The Bertz CT molecular complexity index is 2160. The number of hydrogen-bond donors (Lipinski definition) is 1. The second-order valence-corrected chi connectivity index (χ2v) is 15.6. The van der Waals surface area contributed by atoms with Crippen molar-refractivity contribution in [1.82, 2.24) is 9.97 Å². The van der Waals surface area contributed by atoms with Crippen LogP contribution in [0.15, 0.2) is 66.7 Å². The molecule has 2 aromatic heterocycles. The Kier molecular flexibility index (Phi) is 13.6. The predicted molar refractivity (Wildman–Crippen MR) is 223 cm³/mol. The quantitative estimate of drug-likeness (QED) is 0.0964. The SMILES string of the molecule is CCOC(=O)C1(/C=C/c2cc(OC3CCC(/C=C/c4ccc5ccc([C@@H](C)O)nc5c4)(C(=O)OCC)CC3)c3ccc([C@@H](C)OC(C)=O)nc3c2)CCC(OC)CC1. The lowest BCUT2D eigenvalue weighted by atomic mass is 9.72. The molecule has 4 aromatic rings. The maximum Gasteiger partial charge on any atom is 0.315 e. The zero-order valence-corrected chi connectivity index (χ0v) is 34.5. The van der Waals surface area contributed by atoms with Crippen LogP contribution in [0.1, 0.15) is 121 Å². The second kappa shape index (κ2) is 18.6. The van der Waals surface area contributed by atoms with Crippen LogP contribution in [0.25, 0.3) is 34.0 Å². The van der Waals surface area contributed by atoms with Gasteiger partial charge >= 0.3 is 17.9 Å². The van der Waals surface area contributed by atoms with Crippen LogP contribution in [-0.4, -0.2) is 65.5 Å². The maximum atomic E-state index is 13.6. The molecule has 2 aliphatic carbocycles. The summed E-state index contributed by atoms with van der Waals surface area (Å²) in [5.41, 5.74) is 2.71. The summed E-state index contributed by atoms with van der Waals surface area (Å²) in [6, 6.07) is 17.4. The Balaban J connectivity index is 1.28. The van der Waals surface area contributed by atoms with Gasteiger partial charge in [0.25, 0.3) is 0 Å². The monoisotopic (exact) mass is 792 g/mol. The third kappa shape index (κ3) is 9.76. The van der Waals surface area contributed by atoms with Crippen molar-refractivity contribution in [3.63, 3.8) is 0 Å². The van der Waals surface area contributed by atoms with Crippen molar-refractivity contribution in [1.29, 1.82) is 0 Å². The number of aliphatic hydroxyl groups is 1. The molecule has 2 aromatic carbocycles. The number of aromatic nitrogens is 2. The van der Waals surface area contributed by atoms with Gasteiger partial charge in [0, 0.05) is 24.8 Å². The van der Waals surface area contributed by atoms with Gasteiger partial charge in [0.15, 0.2) is 0 Å². The first-order chi connectivity index (χ1) is 27.9. The van der Waals surface area contributed by atoms with E-state index in [2.05, 4.69) is 4.98 Å². The van der Waals surface area contributed by atoms with E-state index in [1.165, 1.54) is 6.92 Å². The van der Waals surface area contributed by atoms with Gasteiger partial charge in [-0.1, -0.05) is 42.5 Å². The molecular weight excluding hydrogens is 737 g/mol. The van der Waals surface area contributed by atoms with E-state index in [1.807, 2.05) is 92.7 Å². The number of benzene rings is 2. The van der Waals surface area contributed by atoms with Crippen LogP contribution >= 0.6 is 0 Å². The van der Waals surface area contributed by atoms with Crippen LogP contribution in [0.5, 0.6) is 5.75 Å². The Morgan fingerprint density at radius 1 is 0.759 bits per heavy atom. The highest BCUT2D eigenvalue weighted by atomic mass is 16.5. The van der Waals surface area contributed by atoms with Crippen LogP contribution < -0.4 is 4.74 Å². The lowest BCUT2D eigenvalue weighted by molar-refractivity contribution is -0.156. The van der Waals surface area contributed by atoms with Crippen LogP contribution in [0.3, 0.4) is 0 Å². The third-order valence-corrected chi connectivity index (χ3v) is 11.6. The molecule has 6 rings (SSSR count). The average Bonchev–Trinajstić information content (AvgIpc) is 3.22. The molecule has 0 saturated heterocycles. The molecule has 2 aliphatic rings. The first-order valence-corrected chi connectivity index (χ1v) is 20.5. The van der Waals surface area contributed by atoms with E-state index < -0.39 is 29.0 Å². The number of pyridine rings is 2. The zero-order valence-electron chi connectivity index (χ0n) is 34.5. The van der Waals surface area contributed by atoms with Gasteiger partial charge in [0.05, 0.1) is 64.8 Å². The smallest absolute Gasteiger partial charge is 0.315 e. The standard InChI is InChI=1S/C47H56N2O9/c1-7-55-44(52)46(21-15-33-9-10-35-11-13-39(30(3)50)48-41(35)27-33)25-19-37(20-26-46)58-43-29-34(28-42-38(43)12-14-40(49-42)31(4)57-32(5)51)16-22-47(45(53)56-8-2)23-17-36(54-6)18-24-47/h9-16,21-22,27-31,36-37,50H,7-8,17-20,23-26H2,1-6H3/b21-15+,22-16+/t30-,31-,36?,37?,46?,47?/m1/s1. The van der Waals surface area contributed by atoms with Crippen LogP contribution in [0.4, 0.5) is 0 Å². The highest BCUT2D eigenvalue weighted by Gasteiger charge is 2.43. The van der Waals surface area contributed by atoms with E-state index in [9.17, 15) is 19.5 Å². The van der Waals surface area contributed by atoms with E-state index in [0.29, 0.717) is 67.8 Å². The van der Waals surface area contributed by atoms with E-state index in [1.54, 1.807) is 21.0 Å². The molecule has 0 spiro atoms. The molecule has 308 valence electrons. The molecule has 58 heavy (non-hydrogen) atoms. The lowest BCUT2D eigenvalue weighted by Gasteiger charge is -2.36. The Hall–Kier alpha value is -5.13. The molecule has 0 aliphatic heterocycles. The topological polar surface area (TPSA) is 143 Å². The minimum atomic E-state index is -0.834. The van der Waals surface area contributed by atoms with Crippen molar-refractivity contribution in [2.24, 2.45) is 10.8 Å². The van der Waals surface area contributed by atoms with Crippen LogP contribution in [0, 0.1) is 10.8 Å². The summed E-state index contributed by atoms with van der Waals surface area (Å²) in [7, 11) is 1.71. The minimum Gasteiger partial charge on any atom is -0.490 e. The van der Waals surface area contributed by atoms with Gasteiger partial charge < -0.3 is 28.8 Å². The number of ether oxygens (including phenoxy) is 5. The molecule has 11 nitrogen and oxygen atoms in total. The highest BCUT2D eigenvalue weighted by molar-refractivity contribution is 5.89. The number of fused-ring (bicyclic) bond motifs is 2. The van der Waals surface area contributed by atoms with Crippen molar-refractivity contribution in [2.45, 2.75) is 110 Å². The van der Waals surface area contributed by atoms with Gasteiger partial charge in [-0.15, -0.1) is 0 Å². The summed E-state index contributed by atoms with van der Waals surface area (Å²) in [6.07, 6.45) is 11.5. The number of rotatable bonds is 14. The number of carbonyl (C=O) groups excluding carboxylic acids is 3. The molecule has 2 saturated carbocycles. The molecule has 2 atom stereocenters. The van der Waals surface area contributed by atoms with Gasteiger partial charge in [-0.2, -0.15) is 0 Å². The van der Waals surface area contributed by atoms with E-state index >= 15 is 0 Å². The average molecular weight is 793 g/mol. The van der Waals surface area contributed by atoms with Crippen LogP contribution in [-0.2, 0) is 33.3 Å². The fourth-order valence-corrected chi connectivity index (χ4v) is 8.14. The first-order valence-electron chi connectivity index (χ1n) is 20.5. The Morgan fingerprint density at radius 3 is 1.90 bits per heavy atom. The maximum absolute atomic E-state index is 13.6. The van der Waals surface area contributed by atoms with Gasteiger partial charge in [0.1, 0.15) is 11.9 Å². The molecule has 1 N–H and O–H groups in total. The summed E-state index contributed by atoms with van der Waals surface area (Å²) in [6.45, 7) is 9.06. The van der Waals surface area contributed by atoms with Crippen molar-refractivity contribution in [3.8, 4) is 5.75 Å². The summed E-state index contributed by atoms with van der Waals surface area (Å²) in [4.78, 5) is 48.3.